The first-order chi connectivity index (χ1) is 8.45. The molecule has 0 aromatic rings. The van der Waals surface area contributed by atoms with Crippen LogP contribution in [0, 0.1) is 0 Å². The van der Waals surface area contributed by atoms with Crippen LogP contribution in [0.4, 0.5) is 4.79 Å². The van der Waals surface area contributed by atoms with Crippen LogP contribution in [0.1, 0.15) is 13.8 Å². The molecule has 1 unspecified atom stereocenters. The molecule has 2 heterocycles. The number of aliphatic imine (C=N–C) groups is 1. The number of rotatable bonds is 2. The van der Waals surface area contributed by atoms with Crippen LogP contribution in [0.2, 0.25) is 0 Å². The SMILES string of the molecule is CCNC(=O)C12N=C(C)NN=C1N(C)C(=O)N2C. The van der Waals surface area contributed by atoms with Gasteiger partial charge >= 0.3 is 6.03 Å². The minimum absolute atomic E-state index is 0.284. The van der Waals surface area contributed by atoms with Crippen molar-refractivity contribution in [2.24, 2.45) is 10.1 Å². The molecule has 1 saturated heterocycles. The van der Waals surface area contributed by atoms with Crippen molar-refractivity contribution in [1.29, 1.82) is 0 Å². The van der Waals surface area contributed by atoms with Gasteiger partial charge in [0.1, 0.15) is 5.84 Å². The molecule has 98 valence electrons. The van der Waals surface area contributed by atoms with Gasteiger partial charge in [-0.15, -0.1) is 0 Å². The van der Waals surface area contributed by atoms with Crippen molar-refractivity contribution in [3.63, 3.8) is 0 Å². The van der Waals surface area contributed by atoms with E-state index in [0.717, 1.165) is 0 Å². The van der Waals surface area contributed by atoms with Crippen LogP contribution in [0.3, 0.4) is 0 Å². The average molecular weight is 252 g/mol. The summed E-state index contributed by atoms with van der Waals surface area (Å²) < 4.78 is 0. The Balaban J connectivity index is 2.55. The van der Waals surface area contributed by atoms with Crippen molar-refractivity contribution in [2.45, 2.75) is 19.5 Å². The highest BCUT2D eigenvalue weighted by molar-refractivity contribution is 6.23. The van der Waals surface area contributed by atoms with Crippen molar-refractivity contribution in [1.82, 2.24) is 20.5 Å². The molecule has 0 aromatic carbocycles. The first-order valence-electron chi connectivity index (χ1n) is 5.65. The number of hydrogen-bond acceptors (Lipinski definition) is 5. The molecular weight excluding hydrogens is 236 g/mol. The van der Waals surface area contributed by atoms with Crippen LogP contribution in [0.15, 0.2) is 10.1 Å². The summed E-state index contributed by atoms with van der Waals surface area (Å²) in [7, 11) is 3.11. The fraction of sp³-hybridized carbons (Fsp3) is 0.600. The molecule has 0 radical (unpaired) electrons. The lowest BCUT2D eigenvalue weighted by atomic mass is 10.1. The number of amides is 3. The third-order valence-electron chi connectivity index (χ3n) is 3.00. The molecule has 0 saturated carbocycles. The summed E-state index contributed by atoms with van der Waals surface area (Å²) >= 11 is 0. The van der Waals surface area contributed by atoms with Crippen LogP contribution in [-0.2, 0) is 4.79 Å². The van der Waals surface area contributed by atoms with E-state index in [1.807, 2.05) is 6.92 Å². The van der Waals surface area contributed by atoms with E-state index in [1.165, 1.54) is 9.80 Å². The molecule has 0 spiro atoms. The topological polar surface area (TPSA) is 89.4 Å². The minimum Gasteiger partial charge on any atom is -0.352 e. The number of nitrogens with one attached hydrogen (secondary N) is 2. The van der Waals surface area contributed by atoms with Gasteiger partial charge in [0.15, 0.2) is 5.84 Å². The summed E-state index contributed by atoms with van der Waals surface area (Å²) in [5, 5.41) is 6.76. The second-order valence-corrected chi connectivity index (χ2v) is 4.18. The Bertz CT molecular complexity index is 471. The molecule has 2 aliphatic heterocycles. The molecule has 0 bridgehead atoms. The zero-order chi connectivity index (χ0) is 13.5. The molecule has 2 N–H and O–H groups in total. The largest absolute Gasteiger partial charge is 0.352 e. The van der Waals surface area contributed by atoms with Crippen molar-refractivity contribution in [3.8, 4) is 0 Å². The van der Waals surface area contributed by atoms with E-state index >= 15 is 0 Å². The van der Waals surface area contributed by atoms with E-state index in [-0.39, 0.29) is 17.8 Å². The molecule has 0 aliphatic carbocycles. The monoisotopic (exact) mass is 252 g/mol. The highest BCUT2D eigenvalue weighted by Crippen LogP contribution is 2.30. The quantitative estimate of drug-likeness (QED) is 0.671. The number of hydrazone groups is 1. The van der Waals surface area contributed by atoms with E-state index in [4.69, 9.17) is 0 Å². The molecule has 2 rings (SSSR count). The van der Waals surface area contributed by atoms with Crippen LogP contribution < -0.4 is 10.7 Å². The number of fused-ring (bicyclic) bond motifs is 1. The zero-order valence-electron chi connectivity index (χ0n) is 10.8. The fourth-order valence-electron chi connectivity index (χ4n) is 2.11. The Morgan fingerprint density at radius 2 is 2.17 bits per heavy atom. The van der Waals surface area contributed by atoms with Gasteiger partial charge in [-0.3, -0.25) is 20.0 Å². The number of likely N-dealkylation sites (N-methyl/N-ethyl adjacent to an activating group) is 3. The third kappa shape index (κ3) is 1.38. The fourth-order valence-corrected chi connectivity index (χ4v) is 2.11. The van der Waals surface area contributed by atoms with Crippen LogP contribution in [0.25, 0.3) is 0 Å². The van der Waals surface area contributed by atoms with Gasteiger partial charge in [0.25, 0.3) is 11.6 Å². The lowest BCUT2D eigenvalue weighted by Gasteiger charge is -2.31. The number of urea groups is 1. The summed E-state index contributed by atoms with van der Waals surface area (Å²) in [6.45, 7) is 3.96. The molecule has 8 heteroatoms. The molecular formula is C10H16N6O2. The van der Waals surface area contributed by atoms with Gasteiger partial charge in [0.05, 0.1) is 0 Å². The number of hydrogen-bond donors (Lipinski definition) is 2. The molecule has 1 atom stereocenters. The number of carbonyl (C=O) groups is 2. The number of nitrogens with zero attached hydrogens (tertiary/aromatic N) is 4. The lowest BCUT2D eigenvalue weighted by Crippen LogP contribution is -2.60. The van der Waals surface area contributed by atoms with Crippen molar-refractivity contribution in [2.75, 3.05) is 20.6 Å². The zero-order valence-corrected chi connectivity index (χ0v) is 10.8. The summed E-state index contributed by atoms with van der Waals surface area (Å²) in [6.07, 6.45) is 0. The van der Waals surface area contributed by atoms with Gasteiger partial charge < -0.3 is 5.32 Å². The van der Waals surface area contributed by atoms with Crippen molar-refractivity contribution in [3.05, 3.63) is 0 Å². The predicted octanol–water partition coefficient (Wildman–Crippen LogP) is -0.849. The molecule has 0 aromatic heterocycles. The van der Waals surface area contributed by atoms with Crippen LogP contribution in [0.5, 0.6) is 0 Å². The van der Waals surface area contributed by atoms with Crippen molar-refractivity contribution < 1.29 is 9.59 Å². The summed E-state index contributed by atoms with van der Waals surface area (Å²) in [6, 6.07) is -0.319. The maximum atomic E-state index is 12.3. The molecule has 8 nitrogen and oxygen atoms in total. The highest BCUT2D eigenvalue weighted by Gasteiger charge is 2.59. The van der Waals surface area contributed by atoms with Gasteiger partial charge in [-0.1, -0.05) is 0 Å². The Morgan fingerprint density at radius 3 is 2.78 bits per heavy atom. The first-order valence-corrected chi connectivity index (χ1v) is 5.65. The summed E-state index contributed by atoms with van der Waals surface area (Å²) in [4.78, 5) is 31.2. The Kier molecular flexibility index (Phi) is 2.72. The van der Waals surface area contributed by atoms with Crippen LogP contribution in [-0.4, -0.2) is 59.7 Å². The Morgan fingerprint density at radius 1 is 1.50 bits per heavy atom. The van der Waals surface area contributed by atoms with Gasteiger partial charge in [-0.2, -0.15) is 5.10 Å². The first kappa shape index (κ1) is 12.3. The minimum atomic E-state index is -1.39. The maximum Gasteiger partial charge on any atom is 0.327 e. The van der Waals surface area contributed by atoms with E-state index < -0.39 is 5.66 Å². The maximum absolute atomic E-state index is 12.3. The lowest BCUT2D eigenvalue weighted by molar-refractivity contribution is -0.127. The average Bonchev–Trinajstić information content (AvgIpc) is 2.53. The highest BCUT2D eigenvalue weighted by atomic mass is 16.2. The van der Waals surface area contributed by atoms with Crippen molar-refractivity contribution >= 4 is 23.6 Å². The smallest absolute Gasteiger partial charge is 0.327 e. The van der Waals surface area contributed by atoms with E-state index in [0.29, 0.717) is 12.4 Å². The second kappa shape index (κ2) is 3.97. The number of amidine groups is 2. The molecule has 1 fully saturated rings. The normalized spacial score (nSPS) is 26.3. The number of carbonyl (C=O) groups excluding carboxylic acids is 2. The second-order valence-electron chi connectivity index (χ2n) is 4.18. The third-order valence-corrected chi connectivity index (χ3v) is 3.00. The summed E-state index contributed by atoms with van der Waals surface area (Å²) in [5.41, 5.74) is 1.29. The van der Waals surface area contributed by atoms with E-state index in [1.54, 1.807) is 21.0 Å². The molecule has 2 aliphatic rings. The van der Waals surface area contributed by atoms with Gasteiger partial charge in [0, 0.05) is 20.6 Å². The molecule has 18 heavy (non-hydrogen) atoms. The van der Waals surface area contributed by atoms with Gasteiger partial charge in [-0.25, -0.2) is 9.79 Å². The Labute approximate surface area is 105 Å². The van der Waals surface area contributed by atoms with Gasteiger partial charge in [0.2, 0.25) is 0 Å². The predicted molar refractivity (Wildman–Crippen MR) is 66.0 cm³/mol. The Hall–Kier alpha value is -2.12. The van der Waals surface area contributed by atoms with Gasteiger partial charge in [-0.05, 0) is 13.8 Å². The standard InChI is InChI=1S/C10H16N6O2/c1-5-11-8(17)10-7(14-13-6(2)12-10)15(3)9(18)16(10)4/h5H2,1-4H3,(H,11,17)(H,12,13). The van der Waals surface area contributed by atoms with E-state index in [2.05, 4.69) is 20.8 Å². The summed E-state index contributed by atoms with van der Waals surface area (Å²) in [5.74, 6) is 0.413. The van der Waals surface area contributed by atoms with Crippen LogP contribution >= 0.6 is 0 Å². The molecule has 3 amide bonds. The van der Waals surface area contributed by atoms with E-state index in [9.17, 15) is 9.59 Å².